The van der Waals surface area contributed by atoms with Crippen LogP contribution < -0.4 is 10.6 Å². The van der Waals surface area contributed by atoms with Crippen molar-refractivity contribution in [3.63, 3.8) is 0 Å². The van der Waals surface area contributed by atoms with E-state index in [0.29, 0.717) is 13.0 Å². The van der Waals surface area contributed by atoms with Gasteiger partial charge in [-0.1, -0.05) is 18.5 Å². The fraction of sp³-hybridized carbons (Fsp3) is 0.385. The Morgan fingerprint density at radius 1 is 1.48 bits per heavy atom. The summed E-state index contributed by atoms with van der Waals surface area (Å²) in [6, 6.07) is 0.426. The van der Waals surface area contributed by atoms with Gasteiger partial charge in [-0.2, -0.15) is 0 Å². The van der Waals surface area contributed by atoms with Crippen LogP contribution in [-0.4, -0.2) is 36.0 Å². The number of urea groups is 1. The fourth-order valence-electron chi connectivity index (χ4n) is 2.20. The van der Waals surface area contributed by atoms with E-state index in [9.17, 15) is 18.4 Å². The van der Waals surface area contributed by atoms with E-state index < -0.39 is 29.4 Å². The Balaban J connectivity index is 2.19. The molecule has 2 rings (SSSR count). The molecular formula is C13H14ClF2N3O2. The minimum Gasteiger partial charge on any atom is -0.353 e. The molecule has 3 amide bonds. The predicted molar refractivity (Wildman–Crippen MR) is 74.2 cm³/mol. The lowest BCUT2D eigenvalue weighted by atomic mass is 10.1. The molecule has 0 spiro atoms. The van der Waals surface area contributed by atoms with E-state index in [-0.39, 0.29) is 17.5 Å². The maximum Gasteiger partial charge on any atom is 0.322 e. The standard InChI is InChI=1S/C13H14ClF2N3O2/c1-2-10-12(20)17-3-4-19(10)13(21)18-11-8(15)5-7(14)6-9(11)16/h5-6,10H,2-4H2,1H3,(H,17,20)(H,18,21). The second-order valence-corrected chi connectivity index (χ2v) is 5.02. The molecule has 8 heteroatoms. The van der Waals surface area contributed by atoms with E-state index in [1.54, 1.807) is 6.92 Å². The van der Waals surface area contributed by atoms with Crippen molar-refractivity contribution >= 4 is 29.2 Å². The van der Waals surface area contributed by atoms with Crippen LogP contribution in [0.25, 0.3) is 0 Å². The number of anilines is 1. The molecular weight excluding hydrogens is 304 g/mol. The molecule has 1 fully saturated rings. The summed E-state index contributed by atoms with van der Waals surface area (Å²) in [5.74, 6) is -2.22. The average Bonchev–Trinajstić information content (AvgIpc) is 2.42. The number of carbonyl (C=O) groups is 2. The molecule has 114 valence electrons. The van der Waals surface area contributed by atoms with Gasteiger partial charge >= 0.3 is 6.03 Å². The van der Waals surface area contributed by atoms with E-state index in [2.05, 4.69) is 10.6 Å². The summed E-state index contributed by atoms with van der Waals surface area (Å²) in [4.78, 5) is 25.1. The molecule has 0 aromatic heterocycles. The van der Waals surface area contributed by atoms with Crippen LogP contribution in [0.2, 0.25) is 5.02 Å². The summed E-state index contributed by atoms with van der Waals surface area (Å²) < 4.78 is 27.3. The number of nitrogens with zero attached hydrogens (tertiary/aromatic N) is 1. The lowest BCUT2D eigenvalue weighted by molar-refractivity contribution is -0.127. The smallest absolute Gasteiger partial charge is 0.322 e. The Kier molecular flexibility index (Phi) is 4.62. The average molecular weight is 318 g/mol. The van der Waals surface area contributed by atoms with Crippen LogP contribution in [0.15, 0.2) is 12.1 Å². The van der Waals surface area contributed by atoms with Crippen molar-refractivity contribution in [2.75, 3.05) is 18.4 Å². The second-order valence-electron chi connectivity index (χ2n) is 4.58. The molecule has 1 aliphatic heterocycles. The summed E-state index contributed by atoms with van der Waals surface area (Å²) in [7, 11) is 0. The minimum atomic E-state index is -0.970. The SMILES string of the molecule is CCC1C(=O)NCCN1C(=O)Nc1c(F)cc(Cl)cc1F. The number of halogens is 3. The lowest BCUT2D eigenvalue weighted by Gasteiger charge is -2.34. The third-order valence-corrected chi connectivity index (χ3v) is 3.44. The van der Waals surface area contributed by atoms with Crippen LogP contribution in [0.3, 0.4) is 0 Å². The molecule has 5 nitrogen and oxygen atoms in total. The molecule has 2 N–H and O–H groups in total. The zero-order valence-electron chi connectivity index (χ0n) is 11.3. The van der Waals surface area contributed by atoms with Gasteiger partial charge in [-0.3, -0.25) is 4.79 Å². The van der Waals surface area contributed by atoms with Gasteiger partial charge in [-0.15, -0.1) is 0 Å². The summed E-state index contributed by atoms with van der Waals surface area (Å²) in [5.41, 5.74) is -0.578. The monoisotopic (exact) mass is 317 g/mol. The summed E-state index contributed by atoms with van der Waals surface area (Å²) in [6.45, 7) is 2.32. The van der Waals surface area contributed by atoms with E-state index in [1.807, 2.05) is 0 Å². The number of hydrogen-bond donors (Lipinski definition) is 2. The Morgan fingerprint density at radius 2 is 2.10 bits per heavy atom. The molecule has 0 bridgehead atoms. The summed E-state index contributed by atoms with van der Waals surface area (Å²) in [5, 5.41) is 4.69. The number of rotatable bonds is 2. The van der Waals surface area contributed by atoms with Crippen LogP contribution in [0.5, 0.6) is 0 Å². The number of carbonyl (C=O) groups excluding carboxylic acids is 2. The largest absolute Gasteiger partial charge is 0.353 e. The van der Waals surface area contributed by atoms with Gasteiger partial charge < -0.3 is 15.5 Å². The maximum atomic E-state index is 13.7. The molecule has 1 heterocycles. The van der Waals surface area contributed by atoms with Gasteiger partial charge in [0.05, 0.1) is 0 Å². The van der Waals surface area contributed by atoms with Crippen LogP contribution in [-0.2, 0) is 4.79 Å². The van der Waals surface area contributed by atoms with Gasteiger partial charge in [0.15, 0.2) is 11.6 Å². The molecule has 0 aliphatic carbocycles. The minimum absolute atomic E-state index is 0.105. The first-order valence-corrected chi connectivity index (χ1v) is 6.81. The van der Waals surface area contributed by atoms with E-state index in [4.69, 9.17) is 11.6 Å². The number of nitrogens with one attached hydrogen (secondary N) is 2. The third-order valence-electron chi connectivity index (χ3n) is 3.22. The molecule has 0 radical (unpaired) electrons. The third kappa shape index (κ3) is 3.24. The second kappa shape index (κ2) is 6.26. The Hall–Kier alpha value is -1.89. The molecule has 21 heavy (non-hydrogen) atoms. The van der Waals surface area contributed by atoms with Crippen molar-refractivity contribution in [1.82, 2.24) is 10.2 Å². The quantitative estimate of drug-likeness (QED) is 0.879. The highest BCUT2D eigenvalue weighted by Crippen LogP contribution is 2.24. The van der Waals surface area contributed by atoms with Crippen LogP contribution in [0.1, 0.15) is 13.3 Å². The Morgan fingerprint density at radius 3 is 2.67 bits per heavy atom. The van der Waals surface area contributed by atoms with E-state index in [0.717, 1.165) is 12.1 Å². The maximum absolute atomic E-state index is 13.7. The highest BCUT2D eigenvalue weighted by Gasteiger charge is 2.32. The molecule has 1 saturated heterocycles. The van der Waals surface area contributed by atoms with Crippen molar-refractivity contribution in [1.29, 1.82) is 0 Å². The highest BCUT2D eigenvalue weighted by atomic mass is 35.5. The normalized spacial score (nSPS) is 18.4. The first-order valence-electron chi connectivity index (χ1n) is 6.44. The van der Waals surface area contributed by atoms with Crippen LogP contribution >= 0.6 is 11.6 Å². The van der Waals surface area contributed by atoms with Gasteiger partial charge in [-0.05, 0) is 18.6 Å². The first-order chi connectivity index (χ1) is 9.93. The number of piperazine rings is 1. The molecule has 1 aromatic carbocycles. The molecule has 1 atom stereocenters. The van der Waals surface area contributed by atoms with Gasteiger partial charge in [-0.25, -0.2) is 13.6 Å². The van der Waals surface area contributed by atoms with Crippen molar-refractivity contribution < 1.29 is 18.4 Å². The van der Waals surface area contributed by atoms with Gasteiger partial charge in [0.1, 0.15) is 11.7 Å². The number of benzene rings is 1. The van der Waals surface area contributed by atoms with Gasteiger partial charge in [0.25, 0.3) is 0 Å². The number of amides is 3. The topological polar surface area (TPSA) is 61.4 Å². The summed E-state index contributed by atoms with van der Waals surface area (Å²) >= 11 is 5.52. The van der Waals surface area contributed by atoms with Crippen LogP contribution in [0.4, 0.5) is 19.3 Å². The van der Waals surface area contributed by atoms with Crippen LogP contribution in [0, 0.1) is 11.6 Å². The first kappa shape index (κ1) is 15.5. The van der Waals surface area contributed by atoms with Crippen molar-refractivity contribution in [3.05, 3.63) is 28.8 Å². The van der Waals surface area contributed by atoms with Crippen molar-refractivity contribution in [2.24, 2.45) is 0 Å². The summed E-state index contributed by atoms with van der Waals surface area (Å²) in [6.07, 6.45) is 0.408. The Bertz CT molecular complexity index is 560. The number of hydrogen-bond acceptors (Lipinski definition) is 2. The lowest BCUT2D eigenvalue weighted by Crippen LogP contribution is -2.58. The highest BCUT2D eigenvalue weighted by molar-refractivity contribution is 6.30. The van der Waals surface area contributed by atoms with Crippen molar-refractivity contribution in [3.8, 4) is 0 Å². The zero-order valence-corrected chi connectivity index (χ0v) is 12.0. The van der Waals surface area contributed by atoms with Crippen molar-refractivity contribution in [2.45, 2.75) is 19.4 Å². The molecule has 1 aliphatic rings. The fourth-order valence-corrected chi connectivity index (χ4v) is 2.40. The van der Waals surface area contributed by atoms with Gasteiger partial charge in [0, 0.05) is 18.1 Å². The van der Waals surface area contributed by atoms with Gasteiger partial charge in [0.2, 0.25) is 5.91 Å². The molecule has 1 aromatic rings. The van der Waals surface area contributed by atoms with E-state index >= 15 is 0 Å². The molecule has 0 saturated carbocycles. The van der Waals surface area contributed by atoms with E-state index in [1.165, 1.54) is 4.90 Å². The predicted octanol–water partition coefficient (Wildman–Crippen LogP) is 2.36. The molecule has 1 unspecified atom stereocenters. The zero-order chi connectivity index (χ0) is 15.6. The Labute approximate surface area is 125 Å².